The highest BCUT2D eigenvalue weighted by atomic mass is 15.6. The van der Waals surface area contributed by atoms with Crippen LogP contribution < -0.4 is 0 Å². The van der Waals surface area contributed by atoms with Gasteiger partial charge in [-0.15, -0.1) is 0 Å². The van der Waals surface area contributed by atoms with Gasteiger partial charge in [0.05, 0.1) is 0 Å². The van der Waals surface area contributed by atoms with Crippen LogP contribution in [0.5, 0.6) is 0 Å². The van der Waals surface area contributed by atoms with Crippen molar-refractivity contribution >= 4 is 0 Å². The largest absolute Gasteiger partial charge is 0.364 e. The Bertz CT molecular complexity index is 118. The lowest BCUT2D eigenvalue weighted by Gasteiger charge is -2.31. The summed E-state index contributed by atoms with van der Waals surface area (Å²) < 4.78 is 0. The van der Waals surface area contributed by atoms with E-state index in [0.29, 0.717) is 0 Å². The number of hydrogen-bond acceptors (Lipinski definition) is 3. The van der Waals surface area contributed by atoms with Gasteiger partial charge in [-0.2, -0.15) is 0 Å². The molecule has 10 heavy (non-hydrogen) atoms. The van der Waals surface area contributed by atoms with E-state index < -0.39 is 0 Å². The van der Waals surface area contributed by atoms with E-state index >= 15 is 0 Å². The molecule has 0 aromatic carbocycles. The molecule has 0 saturated heterocycles. The molecule has 0 atom stereocenters. The Kier molecular flexibility index (Phi) is 3.22. The van der Waals surface area contributed by atoms with Crippen molar-refractivity contribution in [1.29, 1.82) is 0 Å². The maximum atomic E-state index is 3.89. The van der Waals surface area contributed by atoms with Gasteiger partial charge in [0.2, 0.25) is 0 Å². The molecule has 0 rings (SSSR count). The van der Waals surface area contributed by atoms with Gasteiger partial charge in [0.15, 0.2) is 0 Å². The maximum absolute atomic E-state index is 3.89. The second kappa shape index (κ2) is 3.46. The fourth-order valence-corrected chi connectivity index (χ4v) is 0.520. The summed E-state index contributed by atoms with van der Waals surface area (Å²) >= 11 is 0. The van der Waals surface area contributed by atoms with Crippen LogP contribution in [0.25, 0.3) is 0 Å². The molecule has 0 radical (unpaired) electrons. The molecular formula is C7H17N3. The van der Waals surface area contributed by atoms with Crippen molar-refractivity contribution in [2.45, 2.75) is 0 Å². The normalized spacial score (nSPS) is 9.80. The molecule has 0 aliphatic carbocycles. The average Bonchev–Trinajstić information content (AvgIpc) is 1.84. The molecule has 0 aromatic rings. The van der Waals surface area contributed by atoms with Gasteiger partial charge >= 0.3 is 0 Å². The molecule has 0 saturated carbocycles. The van der Waals surface area contributed by atoms with Gasteiger partial charge in [-0.25, -0.2) is 5.01 Å². The van der Waals surface area contributed by atoms with E-state index in [4.69, 9.17) is 0 Å². The highest BCUT2D eigenvalue weighted by molar-refractivity contribution is 4.86. The molecule has 0 aromatic heterocycles. The average molecular weight is 143 g/mol. The van der Waals surface area contributed by atoms with Gasteiger partial charge in [0, 0.05) is 35.2 Å². The van der Waals surface area contributed by atoms with Crippen LogP contribution in [0.3, 0.4) is 0 Å². The van der Waals surface area contributed by atoms with Crippen LogP contribution in [-0.2, 0) is 0 Å². The monoisotopic (exact) mass is 143 g/mol. The fourth-order valence-electron chi connectivity index (χ4n) is 0.520. The Hall–Kier alpha value is -0.700. The number of hydrogen-bond donors (Lipinski definition) is 0. The topological polar surface area (TPSA) is 9.72 Å². The van der Waals surface area contributed by atoms with E-state index in [2.05, 4.69) is 6.58 Å². The summed E-state index contributed by atoms with van der Waals surface area (Å²) in [6, 6.07) is 0. The second-order valence-corrected chi connectivity index (χ2v) is 2.68. The summed E-state index contributed by atoms with van der Waals surface area (Å²) in [5, 5.41) is 3.95. The van der Waals surface area contributed by atoms with E-state index in [-0.39, 0.29) is 0 Å². The van der Waals surface area contributed by atoms with Crippen LogP contribution in [0, 0.1) is 0 Å². The molecule has 0 aliphatic heterocycles. The molecule has 0 spiro atoms. The Morgan fingerprint density at radius 1 is 1.00 bits per heavy atom. The molecule has 0 aliphatic rings. The minimum Gasteiger partial charge on any atom is -0.364 e. The fraction of sp³-hybridized carbons (Fsp3) is 0.714. The third-order valence-electron chi connectivity index (χ3n) is 1.49. The number of hydrazine groups is 1. The quantitative estimate of drug-likeness (QED) is 0.530. The van der Waals surface area contributed by atoms with Gasteiger partial charge in [-0.05, 0) is 0 Å². The summed E-state index contributed by atoms with van der Waals surface area (Å²) in [4.78, 5) is 1.97. The third kappa shape index (κ3) is 2.27. The minimum absolute atomic E-state index is 0.977. The molecule has 60 valence electrons. The Labute approximate surface area is 63.5 Å². The SMILES string of the molecule is C=C(N(C)C)N(C)N(C)C. The zero-order valence-corrected chi connectivity index (χ0v) is 7.55. The summed E-state index contributed by atoms with van der Waals surface area (Å²) in [6.45, 7) is 3.89. The lowest BCUT2D eigenvalue weighted by Crippen LogP contribution is -2.37. The smallest absolute Gasteiger partial charge is 0.110 e. The number of nitrogens with zero attached hydrogens (tertiary/aromatic N) is 3. The number of rotatable bonds is 3. The first-order chi connectivity index (χ1) is 4.46. The lowest BCUT2D eigenvalue weighted by molar-refractivity contribution is 0.0669. The highest BCUT2D eigenvalue weighted by Crippen LogP contribution is 2.00. The van der Waals surface area contributed by atoms with E-state index in [1.54, 1.807) is 0 Å². The molecule has 0 unspecified atom stereocenters. The molecule has 0 heterocycles. The van der Waals surface area contributed by atoms with E-state index in [0.717, 1.165) is 5.82 Å². The van der Waals surface area contributed by atoms with Crippen molar-refractivity contribution in [3.8, 4) is 0 Å². The predicted molar refractivity (Wildman–Crippen MR) is 44.3 cm³/mol. The summed E-state index contributed by atoms with van der Waals surface area (Å²) in [5.74, 6) is 0.977. The Morgan fingerprint density at radius 3 is 1.50 bits per heavy atom. The van der Waals surface area contributed by atoms with Crippen molar-refractivity contribution in [3.63, 3.8) is 0 Å². The maximum Gasteiger partial charge on any atom is 0.110 e. The van der Waals surface area contributed by atoms with Crippen molar-refractivity contribution in [1.82, 2.24) is 14.9 Å². The molecule has 0 bridgehead atoms. The zero-order chi connectivity index (χ0) is 8.31. The van der Waals surface area contributed by atoms with Crippen molar-refractivity contribution in [2.75, 3.05) is 35.2 Å². The zero-order valence-electron chi connectivity index (χ0n) is 7.55. The van der Waals surface area contributed by atoms with Gasteiger partial charge in [-0.3, -0.25) is 5.01 Å². The second-order valence-electron chi connectivity index (χ2n) is 2.68. The minimum atomic E-state index is 0.977. The van der Waals surface area contributed by atoms with Crippen LogP contribution in [0.2, 0.25) is 0 Å². The van der Waals surface area contributed by atoms with Crippen LogP contribution >= 0.6 is 0 Å². The molecule has 3 nitrogen and oxygen atoms in total. The third-order valence-corrected chi connectivity index (χ3v) is 1.49. The first-order valence-corrected chi connectivity index (χ1v) is 3.24. The molecule has 3 heteroatoms. The molecular weight excluding hydrogens is 126 g/mol. The van der Waals surface area contributed by atoms with Crippen molar-refractivity contribution in [2.24, 2.45) is 0 Å². The van der Waals surface area contributed by atoms with Crippen molar-refractivity contribution < 1.29 is 0 Å². The van der Waals surface area contributed by atoms with Gasteiger partial charge in [-0.1, -0.05) is 6.58 Å². The molecule has 0 amide bonds. The standard InChI is InChI=1S/C7H17N3/c1-7(8(2)3)10(6)9(4)5/h1H2,2-6H3. The van der Waals surface area contributed by atoms with E-state index in [9.17, 15) is 0 Å². The van der Waals surface area contributed by atoms with Crippen LogP contribution in [0.15, 0.2) is 12.4 Å². The predicted octanol–water partition coefficient (Wildman–Crippen LogP) is 0.428. The van der Waals surface area contributed by atoms with Crippen LogP contribution in [0.4, 0.5) is 0 Å². The first-order valence-electron chi connectivity index (χ1n) is 3.24. The highest BCUT2D eigenvalue weighted by Gasteiger charge is 2.03. The van der Waals surface area contributed by atoms with Gasteiger partial charge in [0.25, 0.3) is 0 Å². The summed E-state index contributed by atoms with van der Waals surface area (Å²) in [5.41, 5.74) is 0. The Morgan fingerprint density at radius 2 is 1.40 bits per heavy atom. The lowest BCUT2D eigenvalue weighted by atomic mass is 10.6. The van der Waals surface area contributed by atoms with E-state index in [1.165, 1.54) is 0 Å². The van der Waals surface area contributed by atoms with Crippen LogP contribution in [0.1, 0.15) is 0 Å². The summed E-state index contributed by atoms with van der Waals surface area (Å²) in [6.07, 6.45) is 0. The molecule has 0 fully saturated rings. The summed E-state index contributed by atoms with van der Waals surface area (Å²) in [7, 11) is 9.89. The van der Waals surface area contributed by atoms with E-state index in [1.807, 2.05) is 50.2 Å². The van der Waals surface area contributed by atoms with Crippen LogP contribution in [-0.4, -0.2) is 50.2 Å². The molecule has 0 N–H and O–H groups in total. The Balaban J connectivity index is 3.95. The first kappa shape index (κ1) is 9.30. The van der Waals surface area contributed by atoms with Crippen molar-refractivity contribution in [3.05, 3.63) is 12.4 Å². The van der Waals surface area contributed by atoms with Gasteiger partial charge in [0.1, 0.15) is 5.82 Å². The van der Waals surface area contributed by atoms with Gasteiger partial charge < -0.3 is 4.90 Å².